The monoisotopic (exact) mass is 517 g/mol. The predicted octanol–water partition coefficient (Wildman–Crippen LogP) is 4.60. The molecule has 5 rings (SSSR count). The number of rotatable bonds is 9. The molecule has 0 aliphatic heterocycles. The first-order valence-electron chi connectivity index (χ1n) is 11.1. The van der Waals surface area contributed by atoms with Gasteiger partial charge in [-0.25, -0.2) is 0 Å². The molecule has 36 heavy (non-hydrogen) atoms. The van der Waals surface area contributed by atoms with E-state index in [0.717, 1.165) is 39.7 Å². The van der Waals surface area contributed by atoms with Crippen molar-refractivity contribution in [3.63, 3.8) is 0 Å². The molecule has 182 valence electrons. The van der Waals surface area contributed by atoms with E-state index < -0.39 is 0 Å². The first kappa shape index (κ1) is 23.9. The van der Waals surface area contributed by atoms with Crippen LogP contribution in [-0.2, 0) is 19.5 Å². The molecule has 0 atom stereocenters. The molecule has 0 amide bonds. The molecule has 9 nitrogen and oxygen atoms in total. The summed E-state index contributed by atoms with van der Waals surface area (Å²) in [6.07, 6.45) is 5.81. The van der Waals surface area contributed by atoms with Crippen LogP contribution in [0.4, 0.5) is 0 Å². The second-order valence-corrected chi connectivity index (χ2v) is 8.79. The molecular weight excluding hydrogens is 494 g/mol. The standard InChI is InChI=1S/C25H23N7O2S2/c1-3-9-31-23(28-30-24(31)35)17-7-8-21(26-13-17)18-12-20(34-15-18)14-32-22(27-29-25(32)36)11-16-5-4-6-19(10-16)33-2/h3-8,10,12-13,15H,1,9,11,14H2,2H3,(H,29,36)(H,30,35). The van der Waals surface area contributed by atoms with Gasteiger partial charge in [-0.1, -0.05) is 18.2 Å². The number of benzene rings is 1. The van der Waals surface area contributed by atoms with E-state index >= 15 is 0 Å². The first-order chi connectivity index (χ1) is 17.6. The highest BCUT2D eigenvalue weighted by Gasteiger charge is 2.15. The highest BCUT2D eigenvalue weighted by Crippen LogP contribution is 2.26. The van der Waals surface area contributed by atoms with Gasteiger partial charge in [-0.3, -0.25) is 14.1 Å². The second kappa shape index (κ2) is 10.4. The molecule has 5 aromatic rings. The smallest absolute Gasteiger partial charge is 0.188 e. The molecule has 4 heterocycles. The van der Waals surface area contributed by atoms with E-state index in [9.17, 15) is 0 Å². The molecule has 0 aliphatic rings. The summed E-state index contributed by atoms with van der Waals surface area (Å²) in [6, 6.07) is 13.7. The second-order valence-electron chi connectivity index (χ2n) is 7.99. The van der Waals surface area contributed by atoms with Crippen molar-refractivity contribution in [1.29, 1.82) is 0 Å². The van der Waals surface area contributed by atoms with Crippen LogP contribution in [0, 0.1) is 0 Å². The highest BCUT2D eigenvalue weighted by molar-refractivity contribution is 7.80. The molecule has 0 N–H and O–H groups in total. The molecule has 0 unspecified atom stereocenters. The Morgan fingerprint density at radius 2 is 1.83 bits per heavy atom. The van der Waals surface area contributed by atoms with Crippen molar-refractivity contribution in [3.05, 3.63) is 84.7 Å². The number of hydrogen-bond donors (Lipinski definition) is 2. The van der Waals surface area contributed by atoms with Gasteiger partial charge in [-0.05, 0) is 35.9 Å². The van der Waals surface area contributed by atoms with E-state index in [-0.39, 0.29) is 0 Å². The van der Waals surface area contributed by atoms with E-state index in [0.29, 0.717) is 35.6 Å². The molecule has 0 spiro atoms. The molecule has 0 aliphatic carbocycles. The molecular formula is C25H23N7O2S2. The van der Waals surface area contributed by atoms with Crippen molar-refractivity contribution < 1.29 is 9.15 Å². The lowest BCUT2D eigenvalue weighted by molar-refractivity contribution is 0.414. The Bertz CT molecular complexity index is 1510. The quantitative estimate of drug-likeness (QED) is 0.218. The van der Waals surface area contributed by atoms with Crippen molar-refractivity contribution in [1.82, 2.24) is 34.5 Å². The third-order valence-electron chi connectivity index (χ3n) is 5.63. The number of ether oxygens (including phenoxy) is 1. The van der Waals surface area contributed by atoms with Gasteiger partial charge < -0.3 is 9.15 Å². The number of methoxy groups -OCH3 is 1. The van der Waals surface area contributed by atoms with Crippen LogP contribution in [0.15, 0.2) is 82.3 Å². The number of nitrogens with zero attached hydrogens (tertiary/aromatic N) is 7. The maximum absolute atomic E-state index is 5.84. The molecule has 0 bridgehead atoms. The molecule has 1 aromatic carbocycles. The lowest BCUT2D eigenvalue weighted by Gasteiger charge is -2.07. The summed E-state index contributed by atoms with van der Waals surface area (Å²) < 4.78 is 14.9. The van der Waals surface area contributed by atoms with Gasteiger partial charge in [0.15, 0.2) is 16.1 Å². The Kier molecular flexibility index (Phi) is 6.92. The Hall–Kier alpha value is -3.83. The summed E-state index contributed by atoms with van der Waals surface area (Å²) in [7, 11) is 1.65. The van der Waals surface area contributed by atoms with Gasteiger partial charge in [0.1, 0.15) is 23.6 Å². The normalized spacial score (nSPS) is 11.1. The summed E-state index contributed by atoms with van der Waals surface area (Å²) >= 11 is 8.84. The van der Waals surface area contributed by atoms with Gasteiger partial charge >= 0.3 is 0 Å². The lowest BCUT2D eigenvalue weighted by Crippen LogP contribution is -2.06. The van der Waals surface area contributed by atoms with Gasteiger partial charge in [-0.15, -0.1) is 52.2 Å². The molecule has 0 saturated heterocycles. The van der Waals surface area contributed by atoms with Crippen LogP contribution < -0.4 is 4.74 Å². The summed E-state index contributed by atoms with van der Waals surface area (Å²) in [6.45, 7) is 4.78. The fourth-order valence-corrected chi connectivity index (χ4v) is 4.29. The summed E-state index contributed by atoms with van der Waals surface area (Å²) in [4.78, 5) is 4.60. The fraction of sp³-hybridized carbons (Fsp3) is 0.160. The number of aromatic nitrogens is 7. The van der Waals surface area contributed by atoms with Crippen molar-refractivity contribution in [2.75, 3.05) is 7.11 Å². The van der Waals surface area contributed by atoms with Gasteiger partial charge in [0, 0.05) is 30.3 Å². The summed E-state index contributed by atoms with van der Waals surface area (Å²) in [5.41, 5.74) is 3.54. The molecule has 0 saturated carbocycles. The Morgan fingerprint density at radius 3 is 2.61 bits per heavy atom. The van der Waals surface area contributed by atoms with Crippen LogP contribution in [0.25, 0.3) is 22.6 Å². The van der Waals surface area contributed by atoms with E-state index in [1.165, 1.54) is 0 Å². The average Bonchev–Trinajstić information content (AvgIpc) is 3.61. The van der Waals surface area contributed by atoms with E-state index in [4.69, 9.17) is 9.15 Å². The minimum atomic E-state index is 0.443. The number of pyridine rings is 1. The maximum atomic E-state index is 5.84. The summed E-state index contributed by atoms with van der Waals surface area (Å²) in [5.74, 6) is 3.00. The minimum Gasteiger partial charge on any atom is -0.497 e. The molecule has 0 fully saturated rings. The minimum absolute atomic E-state index is 0.443. The zero-order chi connectivity index (χ0) is 25.1. The Labute approximate surface area is 218 Å². The summed E-state index contributed by atoms with van der Waals surface area (Å²) in [5, 5.41) is 17.7. The molecule has 0 radical (unpaired) electrons. The topological polar surface area (TPSA) is 96.7 Å². The number of hydrogen-bond acceptors (Lipinski definition) is 9. The van der Waals surface area contributed by atoms with Crippen LogP contribution in [0.5, 0.6) is 5.75 Å². The van der Waals surface area contributed by atoms with Gasteiger partial charge in [0.05, 0.1) is 19.3 Å². The van der Waals surface area contributed by atoms with Gasteiger partial charge in [0.2, 0.25) is 0 Å². The zero-order valence-electron chi connectivity index (χ0n) is 19.4. The van der Waals surface area contributed by atoms with Gasteiger partial charge in [0.25, 0.3) is 0 Å². The highest BCUT2D eigenvalue weighted by atomic mass is 32.1. The molecule has 11 heteroatoms. The third-order valence-corrected chi connectivity index (χ3v) is 6.29. The largest absolute Gasteiger partial charge is 0.497 e. The van der Waals surface area contributed by atoms with Crippen molar-refractivity contribution >= 4 is 25.3 Å². The Morgan fingerprint density at radius 1 is 1.00 bits per heavy atom. The van der Waals surface area contributed by atoms with E-state index in [2.05, 4.69) is 57.2 Å². The van der Waals surface area contributed by atoms with Gasteiger partial charge in [-0.2, -0.15) is 0 Å². The molecule has 4 aromatic heterocycles. The van der Waals surface area contributed by atoms with Crippen LogP contribution in [0.2, 0.25) is 0 Å². The number of furan rings is 1. The van der Waals surface area contributed by atoms with Crippen molar-refractivity contribution in [2.24, 2.45) is 0 Å². The SMILES string of the molecule is C=CCn1c(S)nnc1-c1ccc(-c2coc(Cn3c(S)nnc3Cc3cccc(OC)c3)c2)nc1. The fourth-order valence-electron chi connectivity index (χ4n) is 3.84. The lowest BCUT2D eigenvalue weighted by atomic mass is 10.1. The predicted molar refractivity (Wildman–Crippen MR) is 141 cm³/mol. The van der Waals surface area contributed by atoms with Crippen molar-refractivity contribution in [3.8, 4) is 28.4 Å². The Balaban J connectivity index is 1.34. The number of thiol groups is 2. The van der Waals surface area contributed by atoms with E-state index in [1.54, 1.807) is 25.6 Å². The van der Waals surface area contributed by atoms with Crippen LogP contribution in [0.3, 0.4) is 0 Å². The first-order valence-corrected chi connectivity index (χ1v) is 12.0. The zero-order valence-corrected chi connectivity index (χ0v) is 21.2. The van der Waals surface area contributed by atoms with E-state index in [1.807, 2.05) is 51.6 Å². The number of allylic oxidation sites excluding steroid dienone is 1. The van der Waals surface area contributed by atoms with Crippen molar-refractivity contribution in [2.45, 2.75) is 29.8 Å². The third kappa shape index (κ3) is 4.93. The maximum Gasteiger partial charge on any atom is 0.188 e. The average molecular weight is 518 g/mol. The van der Waals surface area contributed by atoms with Crippen LogP contribution >= 0.6 is 25.3 Å². The van der Waals surface area contributed by atoms with Crippen LogP contribution in [-0.4, -0.2) is 41.6 Å². The van der Waals surface area contributed by atoms with Crippen LogP contribution in [0.1, 0.15) is 17.1 Å².